The van der Waals surface area contributed by atoms with E-state index in [0.29, 0.717) is 6.54 Å². The van der Waals surface area contributed by atoms with E-state index < -0.39 is 6.61 Å². The highest BCUT2D eigenvalue weighted by Gasteiger charge is 2.15. The van der Waals surface area contributed by atoms with Crippen molar-refractivity contribution in [2.75, 3.05) is 6.54 Å². The maximum Gasteiger partial charge on any atom is 0.387 e. The van der Waals surface area contributed by atoms with Crippen LogP contribution in [-0.4, -0.2) is 25.1 Å². The Hall–Kier alpha value is -1.69. The van der Waals surface area contributed by atoms with Gasteiger partial charge in [0, 0.05) is 12.6 Å². The average Bonchev–Trinajstić information content (AvgIpc) is 2.39. The average molecular weight is 286 g/mol. The van der Waals surface area contributed by atoms with Crippen LogP contribution in [0.4, 0.5) is 8.78 Å². The Morgan fingerprint density at radius 3 is 2.35 bits per heavy atom. The zero-order valence-corrected chi connectivity index (χ0v) is 11.8. The first kappa shape index (κ1) is 16.4. The Balaban J connectivity index is 2.59. The molecule has 6 heteroatoms. The fourth-order valence-electron chi connectivity index (χ4n) is 1.81. The Bertz CT molecular complexity index is 424. The van der Waals surface area contributed by atoms with Crippen LogP contribution in [0.2, 0.25) is 0 Å². The maximum absolute atomic E-state index is 12.0. The molecule has 1 amide bonds. The van der Waals surface area contributed by atoms with Gasteiger partial charge < -0.3 is 10.1 Å². The summed E-state index contributed by atoms with van der Waals surface area (Å²) in [6.07, 6.45) is 0. The van der Waals surface area contributed by atoms with Gasteiger partial charge in [0.05, 0.1) is 6.04 Å². The van der Waals surface area contributed by atoms with Crippen molar-refractivity contribution >= 4 is 5.91 Å². The first-order valence-corrected chi connectivity index (χ1v) is 6.52. The summed E-state index contributed by atoms with van der Waals surface area (Å²) in [5.74, 6) is 0.0460. The number of likely N-dealkylation sites (N-methyl/N-ethyl adjacent to an activating group) is 1. The number of ether oxygens (including phenoxy) is 1. The quantitative estimate of drug-likeness (QED) is 0.809. The molecule has 0 saturated carbocycles. The minimum atomic E-state index is -2.82. The predicted molar refractivity (Wildman–Crippen MR) is 72.8 cm³/mol. The lowest BCUT2D eigenvalue weighted by atomic mass is 10.1. The molecule has 0 radical (unpaired) electrons. The fourth-order valence-corrected chi connectivity index (χ4v) is 1.81. The largest absolute Gasteiger partial charge is 0.435 e. The van der Waals surface area contributed by atoms with E-state index in [4.69, 9.17) is 0 Å². The Kier molecular flexibility index (Phi) is 6.38. The van der Waals surface area contributed by atoms with Crippen LogP contribution in [0.25, 0.3) is 0 Å². The summed E-state index contributed by atoms with van der Waals surface area (Å²) in [5.41, 5.74) is 0.891. The molecule has 112 valence electrons. The molecular weight excluding hydrogens is 266 g/mol. The van der Waals surface area contributed by atoms with Crippen molar-refractivity contribution < 1.29 is 18.3 Å². The van der Waals surface area contributed by atoms with Crippen molar-refractivity contribution in [3.63, 3.8) is 0 Å². The van der Waals surface area contributed by atoms with E-state index in [1.807, 2.05) is 13.8 Å². The van der Waals surface area contributed by atoms with E-state index >= 15 is 0 Å². The van der Waals surface area contributed by atoms with Crippen molar-refractivity contribution in [1.29, 1.82) is 0 Å². The number of nitrogens with one attached hydrogen (secondary N) is 2. The van der Waals surface area contributed by atoms with Crippen LogP contribution in [0.1, 0.15) is 32.4 Å². The molecule has 0 aromatic heterocycles. The van der Waals surface area contributed by atoms with Crippen LogP contribution < -0.4 is 15.4 Å². The van der Waals surface area contributed by atoms with Crippen molar-refractivity contribution in [1.82, 2.24) is 10.6 Å². The second kappa shape index (κ2) is 7.79. The van der Waals surface area contributed by atoms with Gasteiger partial charge in [-0.1, -0.05) is 12.1 Å². The minimum absolute atomic E-state index is 0.0722. The molecule has 2 atom stereocenters. The van der Waals surface area contributed by atoms with E-state index in [0.717, 1.165) is 5.56 Å². The van der Waals surface area contributed by atoms with Gasteiger partial charge in [0.2, 0.25) is 5.91 Å². The maximum atomic E-state index is 12.0. The number of hydrogen-bond donors (Lipinski definition) is 2. The molecule has 1 aromatic rings. The number of halogens is 2. The molecule has 0 aliphatic rings. The summed E-state index contributed by atoms with van der Waals surface area (Å²) in [5, 5.41) is 5.87. The summed E-state index contributed by atoms with van der Waals surface area (Å²) in [6, 6.07) is 5.95. The highest BCUT2D eigenvalue weighted by molar-refractivity contribution is 5.81. The van der Waals surface area contributed by atoms with Gasteiger partial charge in [-0.15, -0.1) is 0 Å². The molecule has 0 spiro atoms. The normalized spacial score (nSPS) is 13.9. The molecule has 1 aromatic carbocycles. The van der Waals surface area contributed by atoms with Gasteiger partial charge in [-0.2, -0.15) is 8.78 Å². The Labute approximate surface area is 117 Å². The highest BCUT2D eigenvalue weighted by atomic mass is 19.3. The third kappa shape index (κ3) is 5.13. The third-order valence-corrected chi connectivity index (χ3v) is 2.85. The fraction of sp³-hybridized carbons (Fsp3) is 0.500. The molecule has 0 bridgehead atoms. The molecule has 2 N–H and O–H groups in total. The molecule has 2 unspecified atom stereocenters. The van der Waals surface area contributed by atoms with E-state index in [1.165, 1.54) is 12.1 Å². The third-order valence-electron chi connectivity index (χ3n) is 2.85. The molecular formula is C14H20F2N2O2. The van der Waals surface area contributed by atoms with Crippen molar-refractivity contribution in [2.24, 2.45) is 0 Å². The van der Waals surface area contributed by atoms with Crippen LogP contribution in [0, 0.1) is 0 Å². The van der Waals surface area contributed by atoms with E-state index in [2.05, 4.69) is 15.4 Å². The van der Waals surface area contributed by atoms with Crippen molar-refractivity contribution in [2.45, 2.75) is 39.5 Å². The summed E-state index contributed by atoms with van der Waals surface area (Å²) < 4.78 is 28.4. The molecule has 0 saturated heterocycles. The number of hydrogen-bond acceptors (Lipinski definition) is 3. The van der Waals surface area contributed by atoms with E-state index in [9.17, 15) is 13.6 Å². The molecule has 0 heterocycles. The second-order valence-electron chi connectivity index (χ2n) is 4.45. The van der Waals surface area contributed by atoms with Crippen LogP contribution in [0.15, 0.2) is 24.3 Å². The minimum Gasteiger partial charge on any atom is -0.435 e. The standard InChI is InChI=1S/C14H20F2N2O2/c1-4-17-13(19)10(3)18-9(2)11-5-7-12(8-6-11)20-14(15)16/h5-10,14,18H,4H2,1-3H3,(H,17,19). The lowest BCUT2D eigenvalue weighted by Gasteiger charge is -2.20. The number of carbonyl (C=O) groups is 1. The molecule has 20 heavy (non-hydrogen) atoms. The van der Waals surface area contributed by atoms with Crippen LogP contribution >= 0.6 is 0 Å². The predicted octanol–water partition coefficient (Wildman–Crippen LogP) is 2.46. The van der Waals surface area contributed by atoms with Gasteiger partial charge in [0.1, 0.15) is 5.75 Å². The Morgan fingerprint density at radius 1 is 1.25 bits per heavy atom. The monoisotopic (exact) mass is 286 g/mol. The van der Waals surface area contributed by atoms with E-state index in [1.54, 1.807) is 19.1 Å². The highest BCUT2D eigenvalue weighted by Crippen LogP contribution is 2.19. The van der Waals surface area contributed by atoms with Gasteiger partial charge in [-0.05, 0) is 38.5 Å². The van der Waals surface area contributed by atoms with Crippen molar-refractivity contribution in [3.05, 3.63) is 29.8 Å². The topological polar surface area (TPSA) is 50.4 Å². The first-order chi connectivity index (χ1) is 9.43. The van der Waals surface area contributed by atoms with Gasteiger partial charge in [0.25, 0.3) is 0 Å². The molecule has 0 aliphatic heterocycles. The van der Waals surface area contributed by atoms with Gasteiger partial charge in [-0.3, -0.25) is 10.1 Å². The van der Waals surface area contributed by atoms with Gasteiger partial charge >= 0.3 is 6.61 Å². The summed E-state index contributed by atoms with van der Waals surface area (Å²) >= 11 is 0. The first-order valence-electron chi connectivity index (χ1n) is 6.52. The van der Waals surface area contributed by atoms with Crippen LogP contribution in [-0.2, 0) is 4.79 Å². The number of carbonyl (C=O) groups excluding carboxylic acids is 1. The lowest BCUT2D eigenvalue weighted by Crippen LogP contribution is -2.43. The zero-order valence-electron chi connectivity index (χ0n) is 11.8. The van der Waals surface area contributed by atoms with Crippen LogP contribution in [0.3, 0.4) is 0 Å². The number of rotatable bonds is 7. The van der Waals surface area contributed by atoms with E-state index in [-0.39, 0.29) is 23.7 Å². The van der Waals surface area contributed by atoms with Gasteiger partial charge in [0.15, 0.2) is 0 Å². The van der Waals surface area contributed by atoms with Crippen molar-refractivity contribution in [3.8, 4) is 5.75 Å². The molecule has 1 rings (SSSR count). The SMILES string of the molecule is CCNC(=O)C(C)NC(C)c1ccc(OC(F)F)cc1. The summed E-state index contributed by atoms with van der Waals surface area (Å²) in [7, 11) is 0. The molecule has 4 nitrogen and oxygen atoms in total. The number of benzene rings is 1. The zero-order chi connectivity index (χ0) is 15.1. The number of amides is 1. The molecule has 0 fully saturated rings. The smallest absolute Gasteiger partial charge is 0.387 e. The van der Waals surface area contributed by atoms with Crippen LogP contribution in [0.5, 0.6) is 5.75 Å². The Morgan fingerprint density at radius 2 is 1.85 bits per heavy atom. The number of alkyl halides is 2. The second-order valence-corrected chi connectivity index (χ2v) is 4.45. The summed E-state index contributed by atoms with van der Waals surface area (Å²) in [6.45, 7) is 3.29. The summed E-state index contributed by atoms with van der Waals surface area (Å²) in [4.78, 5) is 11.6. The lowest BCUT2D eigenvalue weighted by molar-refractivity contribution is -0.122. The van der Waals surface area contributed by atoms with Gasteiger partial charge in [-0.25, -0.2) is 0 Å². The molecule has 0 aliphatic carbocycles.